The number of benzene rings is 1. The molecule has 1 fully saturated rings. The molecule has 0 nitrogen and oxygen atoms in total. The molecule has 0 N–H and O–H groups in total. The van der Waals surface area contributed by atoms with Gasteiger partial charge in [-0.05, 0) is 36.0 Å². The first-order valence-corrected chi connectivity index (χ1v) is 8.50. The summed E-state index contributed by atoms with van der Waals surface area (Å²) in [6.45, 7) is 0. The maximum atomic E-state index is 6.42. The van der Waals surface area contributed by atoms with E-state index in [-0.39, 0.29) is 0 Å². The molecule has 1 saturated carbocycles. The smallest absolute Gasteiger partial charge is 0.115 e. The lowest BCUT2D eigenvalue weighted by Crippen LogP contribution is -2.02. The number of halogens is 4. The fourth-order valence-corrected chi connectivity index (χ4v) is 3.55. The highest BCUT2D eigenvalue weighted by molar-refractivity contribution is 6.48. The topological polar surface area (TPSA) is 0 Å². The van der Waals surface area contributed by atoms with Crippen molar-refractivity contribution in [1.29, 1.82) is 0 Å². The fraction of sp³-hybridized carbons (Fsp3) is 0.600. The van der Waals surface area contributed by atoms with Crippen LogP contribution in [0, 0.1) is 0 Å². The second-order valence-corrected chi connectivity index (χ2v) is 7.25. The van der Waals surface area contributed by atoms with Gasteiger partial charge in [-0.25, -0.2) is 0 Å². The van der Waals surface area contributed by atoms with Crippen molar-refractivity contribution in [3.63, 3.8) is 0 Å². The van der Waals surface area contributed by atoms with Gasteiger partial charge < -0.3 is 0 Å². The molecule has 1 aliphatic carbocycles. The van der Waals surface area contributed by atoms with Crippen LogP contribution in [0.4, 0.5) is 0 Å². The largest absolute Gasteiger partial charge is 0.128 e. The number of hydrogen-bond donors (Lipinski definition) is 0. The molecule has 1 unspecified atom stereocenters. The molecule has 0 bridgehead atoms. The van der Waals surface area contributed by atoms with Gasteiger partial charge in [-0.2, -0.15) is 0 Å². The highest BCUT2D eigenvalue weighted by atomic mass is 35.5. The standard InChI is InChI=1S/C15H18Cl4/c16-13-9-11(14(17)15(18)19)7-8-12(13)10-5-3-1-2-4-6-10/h7-10,14-15H,1-6H2. The predicted octanol–water partition coefficient (Wildman–Crippen LogP) is 6.86. The Balaban J connectivity index is 2.18. The van der Waals surface area contributed by atoms with E-state index in [1.54, 1.807) is 0 Å². The molecule has 0 spiro atoms. The second kappa shape index (κ2) is 7.41. The first kappa shape index (κ1) is 15.8. The average Bonchev–Trinajstić information content (AvgIpc) is 2.66. The van der Waals surface area contributed by atoms with E-state index in [1.165, 1.54) is 44.1 Å². The minimum atomic E-state index is -0.624. The van der Waals surface area contributed by atoms with Gasteiger partial charge in [-0.3, -0.25) is 0 Å². The van der Waals surface area contributed by atoms with Crippen LogP contribution in [0.2, 0.25) is 5.02 Å². The van der Waals surface area contributed by atoms with Gasteiger partial charge in [-0.15, -0.1) is 34.8 Å². The lowest BCUT2D eigenvalue weighted by molar-refractivity contribution is 0.592. The Bertz CT molecular complexity index is 409. The maximum Gasteiger partial charge on any atom is 0.128 e. The lowest BCUT2D eigenvalue weighted by Gasteiger charge is -2.18. The van der Waals surface area contributed by atoms with Gasteiger partial charge in [0, 0.05) is 5.02 Å². The summed E-state index contributed by atoms with van der Waals surface area (Å²) in [5.41, 5.74) is 2.14. The van der Waals surface area contributed by atoms with E-state index in [0.717, 1.165) is 10.6 Å². The summed E-state index contributed by atoms with van der Waals surface area (Å²) < 4.78 is 0. The van der Waals surface area contributed by atoms with Crippen LogP contribution in [-0.2, 0) is 0 Å². The summed E-state index contributed by atoms with van der Waals surface area (Å²) in [7, 11) is 0. The van der Waals surface area contributed by atoms with E-state index in [1.807, 2.05) is 12.1 Å². The molecule has 0 amide bonds. The van der Waals surface area contributed by atoms with E-state index in [9.17, 15) is 0 Å². The molecule has 0 aliphatic heterocycles. The van der Waals surface area contributed by atoms with Crippen LogP contribution in [0.25, 0.3) is 0 Å². The van der Waals surface area contributed by atoms with Crippen LogP contribution in [0.5, 0.6) is 0 Å². The molecule has 0 heterocycles. The van der Waals surface area contributed by atoms with Crippen LogP contribution >= 0.6 is 46.4 Å². The lowest BCUT2D eigenvalue weighted by atomic mass is 9.91. The summed E-state index contributed by atoms with van der Waals surface area (Å²) in [4.78, 5) is -0.624. The summed E-state index contributed by atoms with van der Waals surface area (Å²) in [5.74, 6) is 0.584. The average molecular weight is 340 g/mol. The van der Waals surface area contributed by atoms with Crippen molar-refractivity contribution < 1.29 is 0 Å². The molecule has 2 rings (SSSR count). The SMILES string of the molecule is Clc1cc(C(Cl)C(Cl)Cl)ccc1C1CCCCCC1. The van der Waals surface area contributed by atoms with Gasteiger partial charge in [0.2, 0.25) is 0 Å². The molecule has 1 atom stereocenters. The van der Waals surface area contributed by atoms with Crippen LogP contribution in [-0.4, -0.2) is 4.84 Å². The predicted molar refractivity (Wildman–Crippen MR) is 86.0 cm³/mol. The number of rotatable bonds is 3. The molecular formula is C15H18Cl4. The Kier molecular flexibility index (Phi) is 6.14. The Morgan fingerprint density at radius 1 is 0.947 bits per heavy atom. The van der Waals surface area contributed by atoms with Gasteiger partial charge in [0.1, 0.15) is 4.84 Å². The van der Waals surface area contributed by atoms with Crippen molar-refractivity contribution in [1.82, 2.24) is 0 Å². The molecule has 0 aromatic heterocycles. The monoisotopic (exact) mass is 338 g/mol. The first-order chi connectivity index (χ1) is 9.09. The maximum absolute atomic E-state index is 6.42. The molecule has 4 heteroatoms. The third kappa shape index (κ3) is 4.17. The Hall–Kier alpha value is 0.380. The van der Waals surface area contributed by atoms with Crippen LogP contribution < -0.4 is 0 Å². The quantitative estimate of drug-likeness (QED) is 0.416. The van der Waals surface area contributed by atoms with E-state index in [0.29, 0.717) is 5.92 Å². The van der Waals surface area contributed by atoms with Gasteiger partial charge in [-0.1, -0.05) is 49.4 Å². The molecular weight excluding hydrogens is 322 g/mol. The summed E-state index contributed by atoms with van der Waals surface area (Å²) >= 11 is 24.2. The van der Waals surface area contributed by atoms with E-state index >= 15 is 0 Å². The van der Waals surface area contributed by atoms with E-state index < -0.39 is 10.2 Å². The van der Waals surface area contributed by atoms with Crippen molar-refractivity contribution in [3.05, 3.63) is 34.3 Å². The molecule has 106 valence electrons. The van der Waals surface area contributed by atoms with Crippen molar-refractivity contribution in [2.75, 3.05) is 0 Å². The van der Waals surface area contributed by atoms with E-state index in [2.05, 4.69) is 6.07 Å². The van der Waals surface area contributed by atoms with Crippen LogP contribution in [0.1, 0.15) is 60.9 Å². The highest BCUT2D eigenvalue weighted by Crippen LogP contribution is 2.38. The van der Waals surface area contributed by atoms with Gasteiger partial charge >= 0.3 is 0 Å². The fourth-order valence-electron chi connectivity index (χ4n) is 2.78. The molecule has 19 heavy (non-hydrogen) atoms. The van der Waals surface area contributed by atoms with Crippen molar-refractivity contribution in [3.8, 4) is 0 Å². The van der Waals surface area contributed by atoms with E-state index in [4.69, 9.17) is 46.4 Å². The zero-order chi connectivity index (χ0) is 13.8. The van der Waals surface area contributed by atoms with Crippen molar-refractivity contribution >= 4 is 46.4 Å². The highest BCUT2D eigenvalue weighted by Gasteiger charge is 2.20. The molecule has 1 aliphatic rings. The first-order valence-electron chi connectivity index (χ1n) is 6.81. The van der Waals surface area contributed by atoms with Gasteiger partial charge in [0.15, 0.2) is 0 Å². The third-order valence-electron chi connectivity index (χ3n) is 3.86. The Labute approximate surface area is 135 Å². The number of hydrogen-bond acceptors (Lipinski definition) is 0. The molecule has 1 aromatic carbocycles. The van der Waals surface area contributed by atoms with Gasteiger partial charge in [0.05, 0.1) is 5.38 Å². The summed E-state index contributed by atoms with van der Waals surface area (Å²) in [6.07, 6.45) is 7.75. The zero-order valence-electron chi connectivity index (χ0n) is 10.7. The minimum absolute atomic E-state index is 0.413. The third-order valence-corrected chi connectivity index (χ3v) is 5.45. The zero-order valence-corrected chi connectivity index (χ0v) is 13.7. The Morgan fingerprint density at radius 2 is 1.58 bits per heavy atom. The molecule has 0 radical (unpaired) electrons. The Morgan fingerprint density at radius 3 is 2.11 bits per heavy atom. The summed E-state index contributed by atoms with van der Waals surface area (Å²) in [6, 6.07) is 6.01. The molecule has 0 saturated heterocycles. The van der Waals surface area contributed by atoms with Crippen molar-refractivity contribution in [2.24, 2.45) is 0 Å². The van der Waals surface area contributed by atoms with Crippen LogP contribution in [0.15, 0.2) is 18.2 Å². The normalized spacial score (nSPS) is 19.4. The van der Waals surface area contributed by atoms with Gasteiger partial charge in [0.25, 0.3) is 0 Å². The second-order valence-electron chi connectivity index (χ2n) is 5.21. The minimum Gasteiger partial charge on any atom is -0.115 e. The molecule has 1 aromatic rings. The summed E-state index contributed by atoms with van der Waals surface area (Å²) in [5, 5.41) is 0.382. The van der Waals surface area contributed by atoms with Crippen molar-refractivity contribution in [2.45, 2.75) is 54.7 Å². The van der Waals surface area contributed by atoms with Crippen LogP contribution in [0.3, 0.4) is 0 Å². The number of alkyl halides is 3.